The van der Waals surface area contributed by atoms with Crippen LogP contribution in [-0.2, 0) is 0 Å². The van der Waals surface area contributed by atoms with Gasteiger partial charge in [-0.1, -0.05) is 122 Å². The van der Waals surface area contributed by atoms with Crippen LogP contribution < -0.4 is 9.80 Å². The summed E-state index contributed by atoms with van der Waals surface area (Å²) in [6, 6.07) is 26.5. The smallest absolute Gasteiger partial charge is 0.197 e. The average molecular weight is 675 g/mol. The van der Waals surface area contributed by atoms with Gasteiger partial charge in [-0.15, -0.1) is 0 Å². The van der Waals surface area contributed by atoms with Crippen LogP contribution in [0.3, 0.4) is 0 Å². The molecule has 0 bridgehead atoms. The molecule has 4 aromatic carbocycles. The van der Waals surface area contributed by atoms with Crippen LogP contribution in [0.1, 0.15) is 128 Å². The number of aryl methyl sites for hydroxylation is 1. The lowest BCUT2D eigenvalue weighted by atomic mass is 9.91. The minimum Gasteiger partial charge on any atom is -0.288 e. The highest BCUT2D eigenvalue weighted by Crippen LogP contribution is 2.54. The maximum atomic E-state index is 13.8. The third kappa shape index (κ3) is 5.67. The molecule has 5 aromatic rings. The molecule has 1 aliphatic heterocycles. The Kier molecular flexibility index (Phi) is 8.74. The Hall–Kier alpha value is -5.36. The summed E-state index contributed by atoms with van der Waals surface area (Å²) < 4.78 is 0. The Morgan fingerprint density at radius 2 is 0.961 bits per heavy atom. The van der Waals surface area contributed by atoms with E-state index < -0.39 is 0 Å². The number of anilines is 4. The molecule has 258 valence electrons. The van der Waals surface area contributed by atoms with Gasteiger partial charge in [-0.25, -0.2) is 9.97 Å². The Labute approximate surface area is 301 Å². The van der Waals surface area contributed by atoms with Gasteiger partial charge in [-0.2, -0.15) is 0 Å². The van der Waals surface area contributed by atoms with Crippen molar-refractivity contribution >= 4 is 45.6 Å². The van der Waals surface area contributed by atoms with Crippen LogP contribution in [0, 0.1) is 6.92 Å². The van der Waals surface area contributed by atoms with Crippen molar-refractivity contribution < 1.29 is 9.59 Å². The number of benzene rings is 4. The van der Waals surface area contributed by atoms with Crippen LogP contribution in [-0.4, -0.2) is 21.5 Å². The minimum absolute atomic E-state index is 0.160. The van der Waals surface area contributed by atoms with Crippen LogP contribution in [0.5, 0.6) is 0 Å². The van der Waals surface area contributed by atoms with E-state index in [9.17, 15) is 9.59 Å². The number of fused-ring (bicyclic) bond motifs is 3. The highest BCUT2D eigenvalue weighted by atomic mass is 16.2. The Morgan fingerprint density at radius 3 is 1.39 bits per heavy atom. The van der Waals surface area contributed by atoms with Gasteiger partial charge in [0.05, 0.1) is 28.0 Å². The zero-order valence-electron chi connectivity index (χ0n) is 31.1. The lowest BCUT2D eigenvalue weighted by Crippen LogP contribution is -2.26. The fourth-order valence-corrected chi connectivity index (χ4v) is 7.47. The molecule has 0 saturated heterocycles. The topological polar surface area (TPSA) is 66.4 Å². The van der Waals surface area contributed by atoms with E-state index in [4.69, 9.17) is 9.97 Å². The van der Waals surface area contributed by atoms with Gasteiger partial charge in [0.25, 0.3) is 0 Å². The first-order valence-electron chi connectivity index (χ1n) is 18.1. The van der Waals surface area contributed by atoms with Crippen molar-refractivity contribution in [3.05, 3.63) is 141 Å². The largest absolute Gasteiger partial charge is 0.288 e. The molecule has 6 heteroatoms. The monoisotopic (exact) mass is 674 g/mol. The predicted molar refractivity (Wildman–Crippen MR) is 209 cm³/mol. The maximum Gasteiger partial charge on any atom is 0.197 e. The first-order valence-corrected chi connectivity index (χ1v) is 18.1. The van der Waals surface area contributed by atoms with Crippen LogP contribution in [0.15, 0.2) is 102 Å². The number of Topliss-reactive ketones (excluding diaryl/α,β-unsaturated/α-hetero) is 2. The number of para-hydroxylation sites is 4. The van der Waals surface area contributed by atoms with Gasteiger partial charge in [0.1, 0.15) is 5.82 Å². The highest BCUT2D eigenvalue weighted by molar-refractivity contribution is 6.39. The minimum atomic E-state index is -0.252. The second-order valence-corrected chi connectivity index (χ2v) is 15.0. The average Bonchev–Trinajstić information content (AvgIpc) is 3.53. The summed E-state index contributed by atoms with van der Waals surface area (Å²) in [6.07, 6.45) is 3.67. The van der Waals surface area contributed by atoms with Crippen LogP contribution in [0.2, 0.25) is 0 Å². The molecule has 0 fully saturated rings. The normalized spacial score (nSPS) is 15.1. The molecule has 0 spiro atoms. The molecule has 6 nitrogen and oxygen atoms in total. The van der Waals surface area contributed by atoms with Gasteiger partial charge >= 0.3 is 0 Å². The molecule has 1 aromatic heterocycles. The third-order valence-electron chi connectivity index (χ3n) is 10.1. The molecule has 0 atom stereocenters. The fourth-order valence-electron chi connectivity index (χ4n) is 7.47. The van der Waals surface area contributed by atoms with E-state index >= 15 is 0 Å². The molecule has 0 unspecified atom stereocenters. The van der Waals surface area contributed by atoms with E-state index in [1.807, 2.05) is 49.4 Å². The van der Waals surface area contributed by atoms with E-state index in [0.717, 1.165) is 33.8 Å². The summed E-state index contributed by atoms with van der Waals surface area (Å²) in [5.41, 5.74) is 10.4. The van der Waals surface area contributed by atoms with Crippen LogP contribution in [0.25, 0.3) is 11.0 Å². The number of hydrogen-bond acceptors (Lipinski definition) is 6. The van der Waals surface area contributed by atoms with Crippen molar-refractivity contribution in [2.75, 3.05) is 9.80 Å². The van der Waals surface area contributed by atoms with Crippen molar-refractivity contribution in [3.8, 4) is 0 Å². The number of hydrogen-bond donors (Lipinski definition) is 0. The van der Waals surface area contributed by atoms with E-state index in [0.29, 0.717) is 22.8 Å². The Bertz CT molecular complexity index is 2130. The summed E-state index contributed by atoms with van der Waals surface area (Å²) in [7, 11) is 0. The Balaban J connectivity index is 1.61. The number of ketones is 2. The zero-order chi connectivity index (χ0) is 36.3. The van der Waals surface area contributed by atoms with Gasteiger partial charge in [0, 0.05) is 11.1 Å². The van der Waals surface area contributed by atoms with Crippen molar-refractivity contribution in [1.29, 1.82) is 0 Å². The third-order valence-corrected chi connectivity index (χ3v) is 10.1. The summed E-state index contributed by atoms with van der Waals surface area (Å²) in [6.45, 7) is 19.7. The molecular weight excluding hydrogens is 629 g/mol. The SMILES string of the molecule is Cc1ccc2c(c1)C(=O)/C(=C/C=C1N(c3c(C(C)C)cccc3C(C)C)c3nc4ccccc4nc3N1c1c(C(C)C)cccc1C(C)C)C2=O. The first kappa shape index (κ1) is 34.1. The van der Waals surface area contributed by atoms with Crippen molar-refractivity contribution in [2.45, 2.75) is 86.0 Å². The number of carbonyl (C=O) groups excluding carboxylic acids is 2. The second kappa shape index (κ2) is 13.1. The molecule has 0 radical (unpaired) electrons. The highest BCUT2D eigenvalue weighted by Gasteiger charge is 2.41. The molecule has 7 rings (SSSR count). The summed E-state index contributed by atoms with van der Waals surface area (Å²) >= 11 is 0. The number of nitrogens with zero attached hydrogens (tertiary/aromatic N) is 4. The molecule has 2 aliphatic rings. The zero-order valence-corrected chi connectivity index (χ0v) is 31.1. The fraction of sp³-hybridized carbons (Fsp3) is 0.289. The van der Waals surface area contributed by atoms with E-state index in [1.54, 1.807) is 12.1 Å². The van der Waals surface area contributed by atoms with Crippen molar-refractivity contribution in [3.63, 3.8) is 0 Å². The summed E-state index contributed by atoms with van der Waals surface area (Å²) in [4.78, 5) is 42.9. The number of rotatable bonds is 7. The number of allylic oxidation sites excluding steroid dienone is 3. The van der Waals surface area contributed by atoms with E-state index in [2.05, 4.69) is 102 Å². The molecule has 51 heavy (non-hydrogen) atoms. The summed E-state index contributed by atoms with van der Waals surface area (Å²) in [5.74, 6) is 2.51. The first-order chi connectivity index (χ1) is 24.4. The van der Waals surface area contributed by atoms with Crippen LogP contribution >= 0.6 is 0 Å². The molecule has 1 aliphatic carbocycles. The standard InChI is InChI=1S/C45H46N4O2/c1-25(2)30-14-12-15-31(26(3)4)40(30)48-39(23-22-35-42(50)34-21-20-29(9)24-36(34)43(35)51)49(41-32(27(5)6)16-13-17-33(41)28(7)8)45-44(48)46-37-18-10-11-19-38(37)47-45/h10-28H,1-9H3/b35-22+. The van der Waals surface area contributed by atoms with Gasteiger partial charge < -0.3 is 0 Å². The van der Waals surface area contributed by atoms with Gasteiger partial charge in [-0.3, -0.25) is 19.4 Å². The lowest BCUT2D eigenvalue weighted by Gasteiger charge is -2.32. The number of aromatic nitrogens is 2. The quantitative estimate of drug-likeness (QED) is 0.126. The van der Waals surface area contributed by atoms with Gasteiger partial charge in [-0.05, 0) is 83.2 Å². The van der Waals surface area contributed by atoms with Gasteiger partial charge in [0.15, 0.2) is 23.2 Å². The molecule has 0 N–H and O–H groups in total. The van der Waals surface area contributed by atoms with E-state index in [1.165, 1.54) is 22.3 Å². The van der Waals surface area contributed by atoms with E-state index in [-0.39, 0.29) is 40.8 Å². The Morgan fingerprint density at radius 1 is 0.529 bits per heavy atom. The maximum absolute atomic E-state index is 13.8. The van der Waals surface area contributed by atoms with Crippen molar-refractivity contribution in [1.82, 2.24) is 9.97 Å². The predicted octanol–water partition coefficient (Wildman–Crippen LogP) is 11.6. The second-order valence-electron chi connectivity index (χ2n) is 15.0. The van der Waals surface area contributed by atoms with Gasteiger partial charge in [0.2, 0.25) is 0 Å². The molecule has 0 saturated carbocycles. The molecule has 0 amide bonds. The van der Waals surface area contributed by atoms with Crippen molar-refractivity contribution in [2.24, 2.45) is 0 Å². The lowest BCUT2D eigenvalue weighted by molar-refractivity contribution is 0.0988. The molecule has 2 heterocycles. The summed E-state index contributed by atoms with van der Waals surface area (Å²) in [5, 5.41) is 0. The molecular formula is C45H46N4O2. The van der Waals surface area contributed by atoms with Crippen LogP contribution in [0.4, 0.5) is 23.0 Å². The number of carbonyl (C=O) groups is 2.